The van der Waals surface area contributed by atoms with E-state index in [9.17, 15) is 14.4 Å². The van der Waals surface area contributed by atoms with Crippen molar-refractivity contribution in [3.05, 3.63) is 29.8 Å². The highest BCUT2D eigenvalue weighted by Gasteiger charge is 2.24. The van der Waals surface area contributed by atoms with Crippen LogP contribution in [0.15, 0.2) is 24.3 Å². The zero-order valence-electron chi connectivity index (χ0n) is 19.0. The summed E-state index contributed by atoms with van der Waals surface area (Å²) in [7, 11) is 0. The SMILES string of the molecule is Cc1ccccc1OCCCC(=O)N1CCC(NC(=O)CNC(=O)OC(C)(C)C)CC1. The zero-order valence-corrected chi connectivity index (χ0v) is 19.0. The van der Waals surface area contributed by atoms with Crippen LogP contribution in [0.25, 0.3) is 0 Å². The Morgan fingerprint density at radius 2 is 1.81 bits per heavy atom. The summed E-state index contributed by atoms with van der Waals surface area (Å²) in [6, 6.07) is 7.83. The minimum absolute atomic E-state index is 0.00127. The molecule has 3 amide bonds. The molecule has 1 aromatic rings. The molecule has 1 fully saturated rings. The van der Waals surface area contributed by atoms with Crippen molar-refractivity contribution in [3.63, 3.8) is 0 Å². The first-order chi connectivity index (χ1) is 14.6. The van der Waals surface area contributed by atoms with E-state index in [1.165, 1.54) is 0 Å². The summed E-state index contributed by atoms with van der Waals surface area (Å²) in [6.07, 6.45) is 1.89. The lowest BCUT2D eigenvalue weighted by Crippen LogP contribution is -2.49. The number of amides is 3. The molecule has 0 bridgehead atoms. The van der Waals surface area contributed by atoms with E-state index in [1.54, 1.807) is 20.8 Å². The summed E-state index contributed by atoms with van der Waals surface area (Å²) in [5, 5.41) is 5.35. The molecule has 172 valence electrons. The number of hydrogen-bond acceptors (Lipinski definition) is 5. The normalized spacial score (nSPS) is 14.6. The lowest BCUT2D eigenvalue weighted by atomic mass is 10.0. The van der Waals surface area contributed by atoms with Gasteiger partial charge in [0.1, 0.15) is 17.9 Å². The van der Waals surface area contributed by atoms with Crippen molar-refractivity contribution in [3.8, 4) is 5.75 Å². The third-order valence-electron chi connectivity index (χ3n) is 4.89. The van der Waals surface area contributed by atoms with Gasteiger partial charge in [-0.2, -0.15) is 0 Å². The van der Waals surface area contributed by atoms with Crippen molar-refractivity contribution in [1.29, 1.82) is 0 Å². The number of para-hydroxylation sites is 1. The minimum Gasteiger partial charge on any atom is -0.493 e. The zero-order chi connectivity index (χ0) is 22.9. The molecule has 0 saturated carbocycles. The molecule has 0 spiro atoms. The van der Waals surface area contributed by atoms with E-state index >= 15 is 0 Å². The number of likely N-dealkylation sites (tertiary alicyclic amines) is 1. The maximum absolute atomic E-state index is 12.4. The van der Waals surface area contributed by atoms with E-state index in [1.807, 2.05) is 36.1 Å². The summed E-state index contributed by atoms with van der Waals surface area (Å²) >= 11 is 0. The molecule has 0 unspecified atom stereocenters. The Balaban J connectivity index is 1.59. The van der Waals surface area contributed by atoms with Crippen LogP contribution in [0.2, 0.25) is 0 Å². The topological polar surface area (TPSA) is 97.0 Å². The van der Waals surface area contributed by atoms with E-state index in [-0.39, 0.29) is 24.4 Å². The van der Waals surface area contributed by atoms with E-state index in [4.69, 9.17) is 9.47 Å². The Morgan fingerprint density at radius 3 is 2.45 bits per heavy atom. The molecule has 0 atom stereocenters. The summed E-state index contributed by atoms with van der Waals surface area (Å²) < 4.78 is 10.9. The molecule has 8 nitrogen and oxygen atoms in total. The first-order valence-corrected chi connectivity index (χ1v) is 10.9. The number of carbonyl (C=O) groups excluding carboxylic acids is 3. The van der Waals surface area contributed by atoms with Gasteiger partial charge in [0.25, 0.3) is 0 Å². The van der Waals surface area contributed by atoms with Gasteiger partial charge in [0.15, 0.2) is 0 Å². The van der Waals surface area contributed by atoms with Crippen molar-refractivity contribution in [1.82, 2.24) is 15.5 Å². The molecular weight excluding hydrogens is 398 g/mol. The van der Waals surface area contributed by atoms with Gasteiger partial charge in [0, 0.05) is 25.6 Å². The summed E-state index contributed by atoms with van der Waals surface area (Å²) in [4.78, 5) is 37.9. The third kappa shape index (κ3) is 9.27. The molecule has 1 saturated heterocycles. The van der Waals surface area contributed by atoms with Gasteiger partial charge in [-0.1, -0.05) is 18.2 Å². The molecule has 31 heavy (non-hydrogen) atoms. The van der Waals surface area contributed by atoms with Gasteiger partial charge in [0.05, 0.1) is 6.61 Å². The van der Waals surface area contributed by atoms with E-state index in [2.05, 4.69) is 10.6 Å². The summed E-state index contributed by atoms with van der Waals surface area (Å²) in [6.45, 7) is 8.89. The fourth-order valence-electron chi connectivity index (χ4n) is 3.30. The lowest BCUT2D eigenvalue weighted by molar-refractivity contribution is -0.132. The van der Waals surface area contributed by atoms with Gasteiger partial charge in [-0.05, 0) is 58.6 Å². The van der Waals surface area contributed by atoms with Crippen LogP contribution in [0.1, 0.15) is 52.0 Å². The smallest absolute Gasteiger partial charge is 0.408 e. The van der Waals surface area contributed by atoms with Gasteiger partial charge in [-0.3, -0.25) is 9.59 Å². The first kappa shape index (κ1) is 24.5. The van der Waals surface area contributed by atoms with Crippen molar-refractivity contribution in [2.75, 3.05) is 26.2 Å². The molecule has 2 rings (SSSR count). The molecule has 2 N–H and O–H groups in total. The predicted octanol–water partition coefficient (Wildman–Crippen LogP) is 2.79. The monoisotopic (exact) mass is 433 g/mol. The molecular formula is C23H35N3O5. The van der Waals surface area contributed by atoms with Crippen LogP contribution in [-0.4, -0.2) is 60.7 Å². The van der Waals surface area contributed by atoms with Crippen LogP contribution in [-0.2, 0) is 14.3 Å². The highest BCUT2D eigenvalue weighted by Crippen LogP contribution is 2.17. The largest absolute Gasteiger partial charge is 0.493 e. The van der Waals surface area contributed by atoms with Gasteiger partial charge < -0.3 is 25.0 Å². The van der Waals surface area contributed by atoms with Gasteiger partial charge in [-0.25, -0.2) is 4.79 Å². The number of nitrogens with one attached hydrogen (secondary N) is 2. The Labute approximate surface area is 184 Å². The van der Waals surface area contributed by atoms with Crippen LogP contribution < -0.4 is 15.4 Å². The minimum atomic E-state index is -0.616. The fraction of sp³-hybridized carbons (Fsp3) is 0.609. The number of rotatable bonds is 8. The average molecular weight is 434 g/mol. The van der Waals surface area contributed by atoms with Gasteiger partial charge >= 0.3 is 6.09 Å². The maximum atomic E-state index is 12.4. The van der Waals surface area contributed by atoms with E-state index in [0.29, 0.717) is 45.4 Å². The Morgan fingerprint density at radius 1 is 1.13 bits per heavy atom. The van der Waals surface area contributed by atoms with E-state index in [0.717, 1.165) is 11.3 Å². The number of hydrogen-bond donors (Lipinski definition) is 2. The molecule has 1 aliphatic rings. The molecule has 0 aromatic heterocycles. The van der Waals surface area contributed by atoms with Gasteiger partial charge in [-0.15, -0.1) is 0 Å². The number of benzene rings is 1. The number of piperidine rings is 1. The maximum Gasteiger partial charge on any atom is 0.408 e. The molecule has 1 heterocycles. The number of aryl methyl sites for hydroxylation is 1. The second-order valence-corrected chi connectivity index (χ2v) is 8.80. The number of nitrogens with zero attached hydrogens (tertiary/aromatic N) is 1. The number of ether oxygens (including phenoxy) is 2. The van der Waals surface area contributed by atoms with Crippen molar-refractivity contribution in [2.24, 2.45) is 0 Å². The molecule has 0 radical (unpaired) electrons. The van der Waals surface area contributed by atoms with Crippen LogP contribution in [0.4, 0.5) is 4.79 Å². The molecule has 1 aliphatic heterocycles. The first-order valence-electron chi connectivity index (χ1n) is 10.9. The number of alkyl carbamates (subject to hydrolysis) is 1. The predicted molar refractivity (Wildman–Crippen MR) is 118 cm³/mol. The van der Waals surface area contributed by atoms with Crippen LogP contribution in [0, 0.1) is 6.92 Å². The highest BCUT2D eigenvalue weighted by atomic mass is 16.6. The van der Waals surface area contributed by atoms with Gasteiger partial charge in [0.2, 0.25) is 11.8 Å². The fourth-order valence-corrected chi connectivity index (χ4v) is 3.30. The van der Waals surface area contributed by atoms with Crippen LogP contribution >= 0.6 is 0 Å². The quantitative estimate of drug-likeness (QED) is 0.615. The van der Waals surface area contributed by atoms with Crippen molar-refractivity contribution in [2.45, 2.75) is 65.0 Å². The van der Waals surface area contributed by atoms with Crippen molar-refractivity contribution < 1.29 is 23.9 Å². The lowest BCUT2D eigenvalue weighted by Gasteiger charge is -2.32. The standard InChI is InChI=1S/C23H35N3O5/c1-17-8-5-6-9-19(17)30-15-7-10-21(28)26-13-11-18(12-14-26)25-20(27)16-24-22(29)31-23(2,3)4/h5-6,8-9,18H,7,10-16H2,1-4H3,(H,24,29)(H,25,27). The molecule has 0 aliphatic carbocycles. The average Bonchev–Trinajstić information content (AvgIpc) is 2.70. The second-order valence-electron chi connectivity index (χ2n) is 8.80. The molecule has 8 heteroatoms. The van der Waals surface area contributed by atoms with Crippen molar-refractivity contribution >= 4 is 17.9 Å². The Hall–Kier alpha value is -2.77. The summed E-state index contributed by atoms with van der Waals surface area (Å²) in [5.74, 6) is 0.710. The number of carbonyl (C=O) groups is 3. The Bertz CT molecular complexity index is 752. The Kier molecular flexibility index (Phi) is 9.15. The summed E-state index contributed by atoms with van der Waals surface area (Å²) in [5.41, 5.74) is 0.478. The highest BCUT2D eigenvalue weighted by molar-refractivity contribution is 5.82. The van der Waals surface area contributed by atoms with Crippen LogP contribution in [0.3, 0.4) is 0 Å². The third-order valence-corrected chi connectivity index (χ3v) is 4.89. The van der Waals surface area contributed by atoms with E-state index < -0.39 is 11.7 Å². The molecule has 1 aromatic carbocycles. The second kappa shape index (κ2) is 11.6. The van der Waals surface area contributed by atoms with Crippen LogP contribution in [0.5, 0.6) is 5.75 Å².